The molecular weight excluding hydrogens is 239 g/mol. The quantitative estimate of drug-likeness (QED) is 0.891. The molecule has 1 rings (SSSR count). The summed E-state index contributed by atoms with van der Waals surface area (Å²) in [6, 6.07) is 0.136. The Kier molecular flexibility index (Phi) is 4.28. The number of nitrogens with zero attached hydrogens (tertiary/aromatic N) is 2. The van der Waals surface area contributed by atoms with E-state index in [1.807, 2.05) is 18.9 Å². The maximum Gasteiger partial charge on any atom is 0.443 e. The van der Waals surface area contributed by atoms with E-state index in [0.29, 0.717) is 29.3 Å². The fourth-order valence-electron chi connectivity index (χ4n) is 1.09. The predicted molar refractivity (Wildman–Crippen MR) is 57.1 cm³/mol. The van der Waals surface area contributed by atoms with E-state index in [-0.39, 0.29) is 6.04 Å². The zero-order chi connectivity index (χ0) is 12.3. The molecule has 2 N–H and O–H groups in total. The van der Waals surface area contributed by atoms with E-state index in [2.05, 4.69) is 4.98 Å². The number of rotatable bonds is 4. The molecule has 0 fully saturated rings. The number of hydrogen-bond donors (Lipinski definition) is 1. The SMILES string of the molecule is CC(CN)N(C)Cc1cnc(C(F)(F)F)s1. The molecule has 0 aliphatic rings. The summed E-state index contributed by atoms with van der Waals surface area (Å²) < 4.78 is 36.8. The Balaban J connectivity index is 2.66. The van der Waals surface area contributed by atoms with Crippen LogP contribution in [0.1, 0.15) is 16.8 Å². The Labute approximate surface area is 96.1 Å². The van der Waals surface area contributed by atoms with Gasteiger partial charge in [-0.15, -0.1) is 11.3 Å². The normalized spacial score (nSPS) is 14.4. The number of aromatic nitrogens is 1. The van der Waals surface area contributed by atoms with Crippen LogP contribution in [0.5, 0.6) is 0 Å². The number of nitrogens with two attached hydrogens (primary N) is 1. The molecule has 16 heavy (non-hydrogen) atoms. The van der Waals surface area contributed by atoms with Gasteiger partial charge in [0.25, 0.3) is 0 Å². The van der Waals surface area contributed by atoms with Crippen molar-refractivity contribution < 1.29 is 13.2 Å². The lowest BCUT2D eigenvalue weighted by molar-refractivity contribution is -0.137. The molecule has 0 aliphatic carbocycles. The number of halogens is 3. The number of alkyl halides is 3. The van der Waals surface area contributed by atoms with Crippen LogP contribution in [0, 0.1) is 0 Å². The van der Waals surface area contributed by atoms with E-state index >= 15 is 0 Å². The molecule has 1 atom stereocenters. The summed E-state index contributed by atoms with van der Waals surface area (Å²) in [4.78, 5) is 5.85. The number of thiazole rings is 1. The molecule has 0 amide bonds. The maximum atomic E-state index is 12.3. The first kappa shape index (κ1) is 13.4. The highest BCUT2D eigenvalue weighted by Crippen LogP contribution is 2.32. The van der Waals surface area contributed by atoms with Gasteiger partial charge in [-0.3, -0.25) is 4.90 Å². The minimum atomic E-state index is -4.35. The van der Waals surface area contributed by atoms with Crippen molar-refractivity contribution in [3.63, 3.8) is 0 Å². The summed E-state index contributed by atoms with van der Waals surface area (Å²) in [6.07, 6.45) is -3.08. The first-order chi connectivity index (χ1) is 7.34. The van der Waals surface area contributed by atoms with Crippen molar-refractivity contribution in [1.29, 1.82) is 0 Å². The molecule has 0 aliphatic heterocycles. The van der Waals surface area contributed by atoms with E-state index < -0.39 is 11.2 Å². The van der Waals surface area contributed by atoms with Crippen LogP contribution in [0.3, 0.4) is 0 Å². The molecule has 0 spiro atoms. The third-order valence-corrected chi connectivity index (χ3v) is 3.32. The van der Waals surface area contributed by atoms with Crippen LogP contribution in [-0.4, -0.2) is 29.5 Å². The van der Waals surface area contributed by atoms with Gasteiger partial charge in [-0.2, -0.15) is 13.2 Å². The molecule has 92 valence electrons. The summed E-state index contributed by atoms with van der Waals surface area (Å²) >= 11 is 0.677. The van der Waals surface area contributed by atoms with Crippen LogP contribution in [0.2, 0.25) is 0 Å². The van der Waals surface area contributed by atoms with Crippen molar-refractivity contribution in [3.8, 4) is 0 Å². The second-order valence-corrected chi connectivity index (χ2v) is 4.74. The van der Waals surface area contributed by atoms with Gasteiger partial charge >= 0.3 is 6.18 Å². The molecule has 0 radical (unpaired) electrons. The predicted octanol–water partition coefficient (Wildman–Crippen LogP) is 1.94. The van der Waals surface area contributed by atoms with Crippen LogP contribution in [0.15, 0.2) is 6.20 Å². The Hall–Kier alpha value is -0.660. The van der Waals surface area contributed by atoms with Crippen LogP contribution in [-0.2, 0) is 12.7 Å². The van der Waals surface area contributed by atoms with Crippen LogP contribution < -0.4 is 5.73 Å². The van der Waals surface area contributed by atoms with Gasteiger partial charge < -0.3 is 5.73 Å². The molecule has 1 aromatic rings. The molecule has 0 aromatic carbocycles. The number of likely N-dealkylation sites (N-methyl/N-ethyl adjacent to an activating group) is 1. The van der Waals surface area contributed by atoms with E-state index in [1.54, 1.807) is 0 Å². The average Bonchev–Trinajstić information content (AvgIpc) is 2.64. The lowest BCUT2D eigenvalue weighted by atomic mass is 10.3. The molecule has 0 bridgehead atoms. The summed E-state index contributed by atoms with van der Waals surface area (Å²) in [6.45, 7) is 2.83. The van der Waals surface area contributed by atoms with Crippen LogP contribution in [0.25, 0.3) is 0 Å². The fourth-order valence-corrected chi connectivity index (χ4v) is 1.94. The summed E-state index contributed by atoms with van der Waals surface area (Å²) in [5, 5.41) is -0.795. The van der Waals surface area contributed by atoms with Gasteiger partial charge in [-0.25, -0.2) is 4.98 Å². The first-order valence-corrected chi connectivity index (χ1v) is 5.58. The maximum absolute atomic E-state index is 12.3. The van der Waals surface area contributed by atoms with Crippen molar-refractivity contribution in [2.75, 3.05) is 13.6 Å². The van der Waals surface area contributed by atoms with Crippen molar-refractivity contribution >= 4 is 11.3 Å². The molecule has 1 heterocycles. The van der Waals surface area contributed by atoms with Gasteiger partial charge in [0.15, 0.2) is 5.01 Å². The minimum absolute atomic E-state index is 0.136. The van der Waals surface area contributed by atoms with E-state index in [1.165, 1.54) is 6.20 Å². The Bertz CT molecular complexity index is 337. The Morgan fingerprint density at radius 1 is 1.56 bits per heavy atom. The molecule has 0 saturated carbocycles. The zero-order valence-corrected chi connectivity index (χ0v) is 9.90. The summed E-state index contributed by atoms with van der Waals surface area (Å²) in [7, 11) is 1.82. The minimum Gasteiger partial charge on any atom is -0.329 e. The highest BCUT2D eigenvalue weighted by molar-refractivity contribution is 7.11. The Morgan fingerprint density at radius 2 is 2.19 bits per heavy atom. The van der Waals surface area contributed by atoms with Gasteiger partial charge in [-0.1, -0.05) is 0 Å². The van der Waals surface area contributed by atoms with Crippen molar-refractivity contribution in [1.82, 2.24) is 9.88 Å². The van der Waals surface area contributed by atoms with Gasteiger partial charge in [0, 0.05) is 30.2 Å². The molecule has 3 nitrogen and oxygen atoms in total. The summed E-state index contributed by atoms with van der Waals surface area (Å²) in [5.74, 6) is 0. The smallest absolute Gasteiger partial charge is 0.329 e. The van der Waals surface area contributed by atoms with Gasteiger partial charge in [0.2, 0.25) is 0 Å². The van der Waals surface area contributed by atoms with Crippen molar-refractivity contribution in [2.24, 2.45) is 5.73 Å². The Morgan fingerprint density at radius 3 is 2.62 bits per heavy atom. The lowest BCUT2D eigenvalue weighted by Crippen LogP contribution is -2.34. The van der Waals surface area contributed by atoms with Gasteiger partial charge in [0.1, 0.15) is 0 Å². The second kappa shape index (κ2) is 5.11. The average molecular weight is 253 g/mol. The molecule has 7 heteroatoms. The largest absolute Gasteiger partial charge is 0.443 e. The third kappa shape index (κ3) is 3.43. The van der Waals surface area contributed by atoms with Gasteiger partial charge in [-0.05, 0) is 14.0 Å². The van der Waals surface area contributed by atoms with E-state index in [4.69, 9.17) is 5.73 Å². The van der Waals surface area contributed by atoms with E-state index in [9.17, 15) is 13.2 Å². The third-order valence-electron chi connectivity index (χ3n) is 2.29. The highest BCUT2D eigenvalue weighted by atomic mass is 32.1. The topological polar surface area (TPSA) is 42.1 Å². The van der Waals surface area contributed by atoms with Crippen LogP contribution >= 0.6 is 11.3 Å². The fraction of sp³-hybridized carbons (Fsp3) is 0.667. The zero-order valence-electron chi connectivity index (χ0n) is 9.08. The lowest BCUT2D eigenvalue weighted by Gasteiger charge is -2.22. The van der Waals surface area contributed by atoms with Crippen molar-refractivity contribution in [2.45, 2.75) is 25.7 Å². The second-order valence-electron chi connectivity index (χ2n) is 3.63. The van der Waals surface area contributed by atoms with Crippen molar-refractivity contribution in [3.05, 3.63) is 16.1 Å². The standard InChI is InChI=1S/C9H14F3N3S/c1-6(3-13)15(2)5-7-4-14-8(16-7)9(10,11)12/h4,6H,3,5,13H2,1-2H3. The highest BCUT2D eigenvalue weighted by Gasteiger charge is 2.34. The molecule has 1 aromatic heterocycles. The van der Waals surface area contributed by atoms with E-state index in [0.717, 1.165) is 0 Å². The monoisotopic (exact) mass is 253 g/mol. The molecular formula is C9H14F3N3S. The van der Waals surface area contributed by atoms with Gasteiger partial charge in [0.05, 0.1) is 0 Å². The first-order valence-electron chi connectivity index (χ1n) is 4.76. The van der Waals surface area contributed by atoms with Crippen LogP contribution in [0.4, 0.5) is 13.2 Å². The summed E-state index contributed by atoms with van der Waals surface area (Å²) in [5.41, 5.74) is 5.47. The molecule has 1 unspecified atom stereocenters. The molecule has 0 saturated heterocycles. The number of hydrogen-bond acceptors (Lipinski definition) is 4.